The number of hydrogen-bond donors (Lipinski definition) is 1. The molecule has 1 amide bonds. The van der Waals surface area contributed by atoms with Gasteiger partial charge >= 0.3 is 0 Å². The Morgan fingerprint density at radius 1 is 1.55 bits per heavy atom. The summed E-state index contributed by atoms with van der Waals surface area (Å²) in [5.74, 6) is 0.0486. The predicted molar refractivity (Wildman–Crippen MR) is 45.3 cm³/mol. The first-order chi connectivity index (χ1) is 5.38. The van der Waals surface area contributed by atoms with Crippen LogP contribution in [-0.2, 0) is 4.79 Å². The van der Waals surface area contributed by atoms with Crippen molar-refractivity contribution >= 4 is 22.8 Å². The second-order valence-electron chi connectivity index (χ2n) is 2.31. The number of amides is 1. The molecule has 0 radical (unpaired) electrons. The van der Waals surface area contributed by atoms with E-state index in [2.05, 4.69) is 5.32 Å². The summed E-state index contributed by atoms with van der Waals surface area (Å²) in [6.45, 7) is 0.673. The van der Waals surface area contributed by atoms with E-state index in [1.807, 2.05) is 23.6 Å². The van der Waals surface area contributed by atoms with Crippen molar-refractivity contribution in [3.05, 3.63) is 28.5 Å². The zero-order valence-electron chi connectivity index (χ0n) is 5.83. The maximum absolute atomic E-state index is 11.1. The Morgan fingerprint density at radius 3 is 3.00 bits per heavy atom. The van der Waals surface area contributed by atoms with E-state index in [1.54, 1.807) is 11.3 Å². The molecule has 0 bridgehead atoms. The lowest BCUT2D eigenvalue weighted by Gasteiger charge is -1.93. The van der Waals surface area contributed by atoms with Crippen LogP contribution in [0.1, 0.15) is 4.88 Å². The minimum atomic E-state index is 0.0486. The van der Waals surface area contributed by atoms with Gasteiger partial charge in [0.05, 0.1) is 5.57 Å². The van der Waals surface area contributed by atoms with Crippen LogP contribution in [0.25, 0.3) is 5.57 Å². The average molecular weight is 165 g/mol. The average Bonchev–Trinajstić information content (AvgIpc) is 2.55. The molecule has 1 aliphatic rings. The molecule has 2 nitrogen and oxygen atoms in total. The minimum absolute atomic E-state index is 0.0486. The summed E-state index contributed by atoms with van der Waals surface area (Å²) in [6, 6.07) is 3.91. The molecule has 0 saturated heterocycles. The van der Waals surface area contributed by atoms with Crippen molar-refractivity contribution in [3.63, 3.8) is 0 Å². The van der Waals surface area contributed by atoms with Crippen molar-refractivity contribution in [1.29, 1.82) is 0 Å². The van der Waals surface area contributed by atoms with Crippen LogP contribution in [0.2, 0.25) is 0 Å². The van der Waals surface area contributed by atoms with Gasteiger partial charge in [-0.15, -0.1) is 11.3 Å². The number of carbonyl (C=O) groups excluding carboxylic acids is 1. The predicted octanol–water partition coefficient (Wildman–Crippen LogP) is 1.26. The largest absolute Gasteiger partial charge is 0.348 e. The molecule has 0 spiro atoms. The molecule has 1 aromatic rings. The highest BCUT2D eigenvalue weighted by atomic mass is 32.1. The fourth-order valence-corrected chi connectivity index (χ4v) is 1.84. The van der Waals surface area contributed by atoms with Gasteiger partial charge in [-0.3, -0.25) is 4.79 Å². The van der Waals surface area contributed by atoms with Crippen molar-refractivity contribution < 1.29 is 4.79 Å². The van der Waals surface area contributed by atoms with E-state index in [0.717, 1.165) is 10.5 Å². The Morgan fingerprint density at radius 2 is 2.45 bits per heavy atom. The van der Waals surface area contributed by atoms with Crippen LogP contribution in [0.4, 0.5) is 0 Å². The molecule has 1 aromatic heterocycles. The Kier molecular flexibility index (Phi) is 1.51. The van der Waals surface area contributed by atoms with Crippen molar-refractivity contribution in [2.75, 3.05) is 6.54 Å². The first kappa shape index (κ1) is 6.61. The topological polar surface area (TPSA) is 29.1 Å². The third kappa shape index (κ3) is 1.07. The highest BCUT2D eigenvalue weighted by Crippen LogP contribution is 2.21. The van der Waals surface area contributed by atoms with Crippen LogP contribution in [0.5, 0.6) is 0 Å². The number of hydrogen-bond acceptors (Lipinski definition) is 2. The van der Waals surface area contributed by atoms with Crippen molar-refractivity contribution in [3.8, 4) is 0 Å². The normalized spacial score (nSPS) is 16.4. The minimum Gasteiger partial charge on any atom is -0.348 e. The Bertz CT molecular complexity index is 300. The number of thiophene rings is 1. The summed E-state index contributed by atoms with van der Waals surface area (Å²) in [4.78, 5) is 12.2. The molecule has 1 aliphatic heterocycles. The van der Waals surface area contributed by atoms with Crippen LogP contribution in [0.15, 0.2) is 23.6 Å². The first-order valence-corrected chi connectivity index (χ1v) is 4.28. The van der Waals surface area contributed by atoms with Gasteiger partial charge in [-0.1, -0.05) is 12.1 Å². The molecule has 0 fully saturated rings. The lowest BCUT2D eigenvalue weighted by Crippen LogP contribution is -2.16. The molecular formula is C8H7NOS. The highest BCUT2D eigenvalue weighted by molar-refractivity contribution is 7.11. The second-order valence-corrected chi connectivity index (χ2v) is 3.25. The van der Waals surface area contributed by atoms with Gasteiger partial charge in [0.1, 0.15) is 0 Å². The molecule has 56 valence electrons. The van der Waals surface area contributed by atoms with Gasteiger partial charge in [0.15, 0.2) is 0 Å². The molecule has 0 unspecified atom stereocenters. The smallest absolute Gasteiger partial charge is 0.252 e. The SMILES string of the molecule is O=C1NCC=C1c1cccs1. The van der Waals surface area contributed by atoms with E-state index in [1.165, 1.54) is 0 Å². The zero-order chi connectivity index (χ0) is 7.68. The van der Waals surface area contributed by atoms with E-state index in [4.69, 9.17) is 0 Å². The number of rotatable bonds is 1. The van der Waals surface area contributed by atoms with E-state index in [0.29, 0.717) is 6.54 Å². The Hall–Kier alpha value is -1.09. The second kappa shape index (κ2) is 2.51. The fourth-order valence-electron chi connectivity index (χ4n) is 1.08. The van der Waals surface area contributed by atoms with Gasteiger partial charge in [0, 0.05) is 11.4 Å². The van der Waals surface area contributed by atoms with E-state index < -0.39 is 0 Å². The molecule has 0 aliphatic carbocycles. The standard InChI is InChI=1S/C8H7NOS/c10-8-6(3-4-9-8)7-2-1-5-11-7/h1-3,5H,4H2,(H,9,10). The lowest BCUT2D eigenvalue weighted by atomic mass is 10.2. The Balaban J connectivity index is 2.37. The van der Waals surface area contributed by atoms with Crippen molar-refractivity contribution in [2.45, 2.75) is 0 Å². The fraction of sp³-hybridized carbons (Fsp3) is 0.125. The third-order valence-electron chi connectivity index (χ3n) is 1.60. The Labute approximate surface area is 68.5 Å². The molecule has 1 N–H and O–H groups in total. The van der Waals surface area contributed by atoms with Crippen LogP contribution >= 0.6 is 11.3 Å². The monoisotopic (exact) mass is 165 g/mol. The van der Waals surface area contributed by atoms with Crippen LogP contribution in [0, 0.1) is 0 Å². The summed E-state index contributed by atoms with van der Waals surface area (Å²) in [5.41, 5.74) is 0.819. The van der Waals surface area contributed by atoms with Crippen LogP contribution in [-0.4, -0.2) is 12.5 Å². The van der Waals surface area contributed by atoms with E-state index in [9.17, 15) is 4.79 Å². The van der Waals surface area contributed by atoms with Crippen molar-refractivity contribution in [2.24, 2.45) is 0 Å². The van der Waals surface area contributed by atoms with Gasteiger partial charge < -0.3 is 5.32 Å². The van der Waals surface area contributed by atoms with E-state index >= 15 is 0 Å². The van der Waals surface area contributed by atoms with Crippen molar-refractivity contribution in [1.82, 2.24) is 5.32 Å². The van der Waals surface area contributed by atoms with E-state index in [-0.39, 0.29) is 5.91 Å². The number of carbonyl (C=O) groups is 1. The molecule has 0 aromatic carbocycles. The van der Waals surface area contributed by atoms with Gasteiger partial charge in [0.25, 0.3) is 5.91 Å². The van der Waals surface area contributed by atoms with Crippen LogP contribution in [0.3, 0.4) is 0 Å². The third-order valence-corrected chi connectivity index (χ3v) is 2.50. The molecule has 2 heterocycles. The maximum atomic E-state index is 11.1. The molecule has 0 atom stereocenters. The van der Waals surface area contributed by atoms with Crippen LogP contribution < -0.4 is 5.32 Å². The zero-order valence-corrected chi connectivity index (χ0v) is 6.65. The van der Waals surface area contributed by atoms with Gasteiger partial charge in [-0.2, -0.15) is 0 Å². The number of nitrogens with one attached hydrogen (secondary N) is 1. The lowest BCUT2D eigenvalue weighted by molar-refractivity contribution is -0.114. The molecule has 3 heteroatoms. The first-order valence-electron chi connectivity index (χ1n) is 3.40. The molecular weight excluding hydrogens is 158 g/mol. The summed E-state index contributed by atoms with van der Waals surface area (Å²) in [6.07, 6.45) is 1.92. The van der Waals surface area contributed by atoms with Gasteiger partial charge in [0.2, 0.25) is 0 Å². The highest BCUT2D eigenvalue weighted by Gasteiger charge is 2.15. The quantitative estimate of drug-likeness (QED) is 0.667. The summed E-state index contributed by atoms with van der Waals surface area (Å²) in [5, 5.41) is 4.71. The molecule has 11 heavy (non-hydrogen) atoms. The molecule has 0 saturated carbocycles. The maximum Gasteiger partial charge on any atom is 0.252 e. The van der Waals surface area contributed by atoms with Gasteiger partial charge in [-0.05, 0) is 11.4 Å². The van der Waals surface area contributed by atoms with Gasteiger partial charge in [-0.25, -0.2) is 0 Å². The summed E-state index contributed by atoms with van der Waals surface area (Å²) in [7, 11) is 0. The molecule has 2 rings (SSSR count). The summed E-state index contributed by atoms with van der Waals surface area (Å²) < 4.78 is 0. The summed E-state index contributed by atoms with van der Waals surface area (Å²) >= 11 is 1.59.